The number of rotatable bonds is 6. The Hall–Kier alpha value is -2.90. The molecule has 0 radical (unpaired) electrons. The number of aryl methyl sites for hydroxylation is 3. The van der Waals surface area contributed by atoms with Gasteiger partial charge < -0.3 is 4.57 Å². The smallest absolute Gasteiger partial charge is 0.209 e. The summed E-state index contributed by atoms with van der Waals surface area (Å²) in [6, 6.07) is 0. The summed E-state index contributed by atoms with van der Waals surface area (Å²) in [6.07, 6.45) is 9.11. The Bertz CT molecular complexity index is 1070. The summed E-state index contributed by atoms with van der Waals surface area (Å²) in [5, 5.41) is 8.79. The van der Waals surface area contributed by atoms with E-state index in [1.54, 1.807) is 6.20 Å². The minimum Gasteiger partial charge on any atom is -0.324 e. The predicted octanol–water partition coefficient (Wildman–Crippen LogP) is 3.59. The molecule has 0 unspecified atom stereocenters. The van der Waals surface area contributed by atoms with Crippen molar-refractivity contribution in [3.05, 3.63) is 53.2 Å². The molecule has 0 saturated heterocycles. The van der Waals surface area contributed by atoms with E-state index in [1.807, 2.05) is 17.7 Å². The Labute approximate surface area is 163 Å². The molecule has 3 aromatic heterocycles. The number of fused-ring (bicyclic) bond motifs is 1. The van der Waals surface area contributed by atoms with Gasteiger partial charge in [0.15, 0.2) is 11.5 Å². The lowest BCUT2D eigenvalue weighted by molar-refractivity contribution is 0.613. The molecule has 7 nitrogen and oxygen atoms in total. The summed E-state index contributed by atoms with van der Waals surface area (Å²) in [6.45, 7) is 6.74. The Morgan fingerprint density at radius 3 is 2.82 bits per heavy atom. The normalized spacial score (nSPS) is 14.4. The molecule has 146 valence electrons. The molecule has 0 spiro atoms. The maximum absolute atomic E-state index is 13.6. The summed E-state index contributed by atoms with van der Waals surface area (Å²) in [7, 11) is 0. The average Bonchev–Trinajstić information content (AvgIpc) is 3.32. The van der Waals surface area contributed by atoms with Crippen molar-refractivity contribution in [3.63, 3.8) is 0 Å². The van der Waals surface area contributed by atoms with Gasteiger partial charge in [0.2, 0.25) is 5.95 Å². The lowest BCUT2D eigenvalue weighted by atomic mass is 10.1. The van der Waals surface area contributed by atoms with Gasteiger partial charge in [-0.1, -0.05) is 20.3 Å². The highest BCUT2D eigenvalue weighted by Gasteiger charge is 2.19. The van der Waals surface area contributed by atoms with Gasteiger partial charge in [0, 0.05) is 24.4 Å². The van der Waals surface area contributed by atoms with Gasteiger partial charge in [-0.25, -0.2) is 15.0 Å². The molecular formula is C20H24FN7. The van der Waals surface area contributed by atoms with E-state index in [1.165, 1.54) is 6.08 Å². The number of aliphatic imine (C=N–C) groups is 1. The molecule has 1 aliphatic heterocycles. The number of halogens is 1. The van der Waals surface area contributed by atoms with Crippen LogP contribution in [0.5, 0.6) is 0 Å². The highest BCUT2D eigenvalue weighted by atomic mass is 19.1. The molecule has 0 aliphatic carbocycles. The van der Waals surface area contributed by atoms with E-state index in [0.29, 0.717) is 30.9 Å². The Morgan fingerprint density at radius 2 is 2.07 bits per heavy atom. The van der Waals surface area contributed by atoms with Crippen molar-refractivity contribution in [1.82, 2.24) is 29.1 Å². The molecule has 0 bridgehead atoms. The van der Waals surface area contributed by atoms with Crippen LogP contribution in [0.25, 0.3) is 5.65 Å². The predicted molar refractivity (Wildman–Crippen MR) is 105 cm³/mol. The standard InChI is InChI=1S/C20H24FN7/c1-4-7-14-16(23-13(3)28-18(5-2)25-26-19(14)28)12-27-11-10-22-20(27)15-8-6-9-17(21)24-15/h9-11H,4-8,12H2,1-3H3. The molecule has 0 aromatic carbocycles. The van der Waals surface area contributed by atoms with Gasteiger partial charge in [-0.2, -0.15) is 4.39 Å². The van der Waals surface area contributed by atoms with Crippen LogP contribution in [0.3, 0.4) is 0 Å². The average molecular weight is 381 g/mol. The van der Waals surface area contributed by atoms with Crippen LogP contribution in [-0.2, 0) is 19.4 Å². The maximum Gasteiger partial charge on any atom is 0.209 e. The van der Waals surface area contributed by atoms with Crippen LogP contribution >= 0.6 is 0 Å². The van der Waals surface area contributed by atoms with Crippen LogP contribution < -0.4 is 0 Å². The van der Waals surface area contributed by atoms with E-state index < -0.39 is 5.95 Å². The van der Waals surface area contributed by atoms with Crippen LogP contribution in [0.1, 0.15) is 61.8 Å². The second-order valence-electron chi connectivity index (χ2n) is 6.97. The molecule has 4 heterocycles. The summed E-state index contributed by atoms with van der Waals surface area (Å²) < 4.78 is 17.7. The third-order valence-corrected chi connectivity index (χ3v) is 5.01. The van der Waals surface area contributed by atoms with Crippen LogP contribution in [-0.4, -0.2) is 34.8 Å². The molecular weight excluding hydrogens is 357 g/mol. The molecule has 8 heteroatoms. The highest BCUT2D eigenvalue weighted by Crippen LogP contribution is 2.21. The molecule has 0 saturated carbocycles. The van der Waals surface area contributed by atoms with Gasteiger partial charge in [0.25, 0.3) is 0 Å². The van der Waals surface area contributed by atoms with Crippen molar-refractivity contribution < 1.29 is 4.39 Å². The van der Waals surface area contributed by atoms with E-state index in [2.05, 4.69) is 38.4 Å². The molecule has 0 atom stereocenters. The third-order valence-electron chi connectivity index (χ3n) is 5.01. The quantitative estimate of drug-likeness (QED) is 0.612. The zero-order valence-electron chi connectivity index (χ0n) is 16.5. The second-order valence-corrected chi connectivity index (χ2v) is 6.97. The minimum atomic E-state index is -0.437. The van der Waals surface area contributed by atoms with Gasteiger partial charge in [-0.15, -0.1) is 10.2 Å². The largest absolute Gasteiger partial charge is 0.324 e. The number of allylic oxidation sites excluding steroid dienone is 1. The molecule has 0 amide bonds. The summed E-state index contributed by atoms with van der Waals surface area (Å²) >= 11 is 0. The lowest BCUT2D eigenvalue weighted by Crippen LogP contribution is -2.16. The van der Waals surface area contributed by atoms with Gasteiger partial charge >= 0.3 is 0 Å². The second kappa shape index (κ2) is 7.61. The highest BCUT2D eigenvalue weighted by molar-refractivity contribution is 5.98. The van der Waals surface area contributed by atoms with Crippen molar-refractivity contribution in [1.29, 1.82) is 0 Å². The first kappa shape index (κ1) is 18.5. The Kier molecular flexibility index (Phi) is 5.02. The fraction of sp³-hybridized carbons (Fsp3) is 0.450. The van der Waals surface area contributed by atoms with Crippen molar-refractivity contribution >= 4 is 11.4 Å². The van der Waals surface area contributed by atoms with E-state index in [9.17, 15) is 4.39 Å². The molecule has 3 aromatic rings. The Morgan fingerprint density at radius 1 is 1.21 bits per heavy atom. The number of imidazole rings is 1. The summed E-state index contributed by atoms with van der Waals surface area (Å²) in [5.41, 5.74) is 3.62. The van der Waals surface area contributed by atoms with E-state index in [-0.39, 0.29) is 0 Å². The van der Waals surface area contributed by atoms with E-state index in [4.69, 9.17) is 4.98 Å². The number of hydrogen-bond acceptors (Lipinski definition) is 5. The van der Waals surface area contributed by atoms with Crippen LogP contribution in [0.15, 0.2) is 29.4 Å². The Balaban J connectivity index is 1.78. The minimum absolute atomic E-state index is 0.437. The lowest BCUT2D eigenvalue weighted by Gasteiger charge is -2.15. The zero-order chi connectivity index (χ0) is 19.7. The number of nitrogens with zero attached hydrogens (tertiary/aromatic N) is 7. The molecule has 0 fully saturated rings. The number of hydrogen-bond donors (Lipinski definition) is 0. The van der Waals surface area contributed by atoms with Gasteiger partial charge in [0.05, 0.1) is 18.0 Å². The van der Waals surface area contributed by atoms with Crippen LogP contribution in [0, 0.1) is 6.92 Å². The zero-order valence-corrected chi connectivity index (χ0v) is 16.5. The van der Waals surface area contributed by atoms with E-state index in [0.717, 1.165) is 47.8 Å². The van der Waals surface area contributed by atoms with Crippen LogP contribution in [0.4, 0.5) is 4.39 Å². The van der Waals surface area contributed by atoms with Crippen molar-refractivity contribution in [2.24, 2.45) is 4.99 Å². The van der Waals surface area contributed by atoms with Gasteiger partial charge in [0.1, 0.15) is 11.6 Å². The molecule has 4 rings (SSSR count). The monoisotopic (exact) mass is 381 g/mol. The number of aromatic nitrogens is 6. The topological polar surface area (TPSA) is 73.3 Å². The summed E-state index contributed by atoms with van der Waals surface area (Å²) in [4.78, 5) is 13.4. The first-order valence-electron chi connectivity index (χ1n) is 9.79. The molecule has 28 heavy (non-hydrogen) atoms. The van der Waals surface area contributed by atoms with Gasteiger partial charge in [-0.05, 0) is 32.3 Å². The fourth-order valence-electron chi connectivity index (χ4n) is 3.74. The summed E-state index contributed by atoms with van der Waals surface area (Å²) in [5.74, 6) is 2.05. The molecule has 0 N–H and O–H groups in total. The van der Waals surface area contributed by atoms with Crippen molar-refractivity contribution in [3.8, 4) is 0 Å². The SMILES string of the molecule is CCCc1c(Cn2ccnc2C2=NC(F)=CCC2)nc(C)n2c(CC)nnc12. The van der Waals surface area contributed by atoms with Crippen molar-refractivity contribution in [2.75, 3.05) is 0 Å². The maximum atomic E-state index is 13.6. The first-order valence-corrected chi connectivity index (χ1v) is 9.79. The fourth-order valence-corrected chi connectivity index (χ4v) is 3.74. The first-order chi connectivity index (χ1) is 13.6. The van der Waals surface area contributed by atoms with E-state index >= 15 is 0 Å². The van der Waals surface area contributed by atoms with Gasteiger partial charge in [-0.3, -0.25) is 4.40 Å². The third kappa shape index (κ3) is 3.23. The van der Waals surface area contributed by atoms with Crippen LogP contribution in [0.2, 0.25) is 0 Å². The molecule has 1 aliphatic rings. The van der Waals surface area contributed by atoms with Crippen molar-refractivity contribution in [2.45, 2.75) is 59.4 Å².